The molecule has 1 aliphatic heterocycles. The Bertz CT molecular complexity index is 260. The average Bonchev–Trinajstić information content (AvgIpc) is 2.96. The van der Waals surface area contributed by atoms with Crippen molar-refractivity contribution in [2.75, 3.05) is 18.8 Å². The van der Waals surface area contributed by atoms with E-state index in [1.54, 1.807) is 0 Å². The maximum atomic E-state index is 5.54. The molecule has 15 heavy (non-hydrogen) atoms. The first-order valence-electron chi connectivity index (χ1n) is 5.54. The molecule has 0 unspecified atom stereocenters. The molecule has 0 radical (unpaired) electrons. The lowest BCUT2D eigenvalue weighted by Gasteiger charge is -2.38. The molecule has 0 atom stereocenters. The number of hydrogen-bond acceptors (Lipinski definition) is 3. The van der Waals surface area contributed by atoms with Crippen molar-refractivity contribution in [1.82, 2.24) is 10.3 Å². The molecule has 5 heteroatoms. The minimum atomic E-state index is 0.305. The van der Waals surface area contributed by atoms with Crippen LogP contribution in [0.3, 0.4) is 0 Å². The molecule has 3 N–H and O–H groups in total. The lowest BCUT2D eigenvalue weighted by Crippen LogP contribution is -2.52. The average molecular weight is 228 g/mol. The van der Waals surface area contributed by atoms with Crippen molar-refractivity contribution >= 4 is 17.7 Å². The summed E-state index contributed by atoms with van der Waals surface area (Å²) in [7, 11) is 0. The highest BCUT2D eigenvalue weighted by Crippen LogP contribution is 2.30. The molecule has 0 aromatic rings. The molecule has 0 aromatic carbocycles. The van der Waals surface area contributed by atoms with E-state index in [2.05, 4.69) is 29.2 Å². The second kappa shape index (κ2) is 4.22. The molecule has 2 rings (SSSR count). The maximum absolute atomic E-state index is 5.54. The van der Waals surface area contributed by atoms with Gasteiger partial charge in [0.05, 0.1) is 6.04 Å². The lowest BCUT2D eigenvalue weighted by atomic mass is 10.2. The predicted molar refractivity (Wildman–Crippen MR) is 65.9 cm³/mol. The van der Waals surface area contributed by atoms with Crippen molar-refractivity contribution in [3.63, 3.8) is 0 Å². The fraction of sp³-hybridized carbons (Fsp3) is 0.900. The van der Waals surface area contributed by atoms with Gasteiger partial charge in [-0.3, -0.25) is 5.43 Å². The third-order valence-corrected chi connectivity index (χ3v) is 4.00. The summed E-state index contributed by atoms with van der Waals surface area (Å²) in [5.74, 6) is 7.57. The molecule has 2 fully saturated rings. The Morgan fingerprint density at radius 1 is 1.53 bits per heavy atom. The van der Waals surface area contributed by atoms with Gasteiger partial charge in [0.25, 0.3) is 0 Å². The second-order valence-electron chi connectivity index (χ2n) is 4.86. The number of nitrogens with zero attached hydrogens (tertiary/aromatic N) is 2. The molecule has 4 nitrogen and oxygen atoms in total. The third kappa shape index (κ3) is 3.01. The van der Waals surface area contributed by atoms with Gasteiger partial charge in [0.1, 0.15) is 0 Å². The van der Waals surface area contributed by atoms with E-state index in [-0.39, 0.29) is 0 Å². The summed E-state index contributed by atoms with van der Waals surface area (Å²) >= 11 is 2.02. The van der Waals surface area contributed by atoms with Gasteiger partial charge in [0, 0.05) is 23.6 Å². The van der Waals surface area contributed by atoms with Crippen LogP contribution in [0.5, 0.6) is 0 Å². The van der Waals surface area contributed by atoms with Gasteiger partial charge in [0.2, 0.25) is 5.96 Å². The van der Waals surface area contributed by atoms with Crippen molar-refractivity contribution < 1.29 is 0 Å². The minimum absolute atomic E-state index is 0.305. The third-order valence-electron chi connectivity index (χ3n) is 2.71. The molecule has 0 spiro atoms. The highest BCUT2D eigenvalue weighted by Gasteiger charge is 2.30. The summed E-state index contributed by atoms with van der Waals surface area (Å²) in [6, 6.07) is 0.522. The van der Waals surface area contributed by atoms with Crippen molar-refractivity contribution in [2.45, 2.75) is 37.5 Å². The van der Waals surface area contributed by atoms with Crippen LogP contribution in [-0.2, 0) is 0 Å². The van der Waals surface area contributed by atoms with E-state index in [1.165, 1.54) is 12.8 Å². The summed E-state index contributed by atoms with van der Waals surface area (Å²) in [6.45, 7) is 6.61. The van der Waals surface area contributed by atoms with Crippen LogP contribution >= 0.6 is 11.8 Å². The normalized spacial score (nSPS) is 26.6. The van der Waals surface area contributed by atoms with E-state index in [9.17, 15) is 0 Å². The molecule has 0 amide bonds. The van der Waals surface area contributed by atoms with Crippen LogP contribution in [0.2, 0.25) is 0 Å². The zero-order valence-corrected chi connectivity index (χ0v) is 10.3. The number of nitrogens with one attached hydrogen (secondary N) is 1. The zero-order chi connectivity index (χ0) is 10.9. The van der Waals surface area contributed by atoms with Gasteiger partial charge in [-0.2, -0.15) is 11.8 Å². The van der Waals surface area contributed by atoms with Crippen LogP contribution in [0.4, 0.5) is 0 Å². The number of hydrogen-bond donors (Lipinski definition) is 2. The van der Waals surface area contributed by atoms with E-state index < -0.39 is 0 Å². The first-order chi connectivity index (χ1) is 7.11. The Balaban J connectivity index is 2.00. The van der Waals surface area contributed by atoms with Gasteiger partial charge in [-0.1, -0.05) is 0 Å². The standard InChI is InChI=1S/C10H20N4S/c1-10(2)7-14(5-6-15-10)9(13-11)12-8-3-4-8/h8H,3-7,11H2,1-2H3,(H,12,13). The van der Waals surface area contributed by atoms with Crippen molar-refractivity contribution in [2.24, 2.45) is 10.8 Å². The lowest BCUT2D eigenvalue weighted by molar-refractivity contribution is 0.375. The topological polar surface area (TPSA) is 53.6 Å². The number of nitrogens with two attached hydrogens (primary N) is 1. The summed E-state index contributed by atoms with van der Waals surface area (Å²) in [4.78, 5) is 6.87. The fourth-order valence-electron chi connectivity index (χ4n) is 1.78. The molecule has 1 saturated carbocycles. The van der Waals surface area contributed by atoms with Gasteiger partial charge in [0.15, 0.2) is 0 Å². The predicted octanol–water partition coefficient (Wildman–Crippen LogP) is 0.796. The minimum Gasteiger partial charge on any atom is -0.340 e. The molecule has 2 aliphatic rings. The van der Waals surface area contributed by atoms with Crippen LogP contribution in [0.1, 0.15) is 26.7 Å². The van der Waals surface area contributed by atoms with Crippen LogP contribution < -0.4 is 11.3 Å². The van der Waals surface area contributed by atoms with Crippen molar-refractivity contribution in [3.8, 4) is 0 Å². The van der Waals surface area contributed by atoms with Crippen LogP contribution in [0.25, 0.3) is 0 Å². The van der Waals surface area contributed by atoms with Gasteiger partial charge in [-0.15, -0.1) is 0 Å². The number of hydrazine groups is 1. The molecule has 1 saturated heterocycles. The summed E-state index contributed by atoms with van der Waals surface area (Å²) in [5.41, 5.74) is 2.75. The second-order valence-corrected chi connectivity index (χ2v) is 6.66. The summed E-state index contributed by atoms with van der Waals surface area (Å²) in [5, 5.41) is 0. The first-order valence-corrected chi connectivity index (χ1v) is 6.52. The van der Waals surface area contributed by atoms with Crippen LogP contribution in [0.15, 0.2) is 4.99 Å². The van der Waals surface area contributed by atoms with Gasteiger partial charge in [-0.05, 0) is 26.7 Å². The van der Waals surface area contributed by atoms with E-state index in [1.807, 2.05) is 11.8 Å². The van der Waals surface area contributed by atoms with E-state index >= 15 is 0 Å². The number of rotatable bonds is 1. The number of guanidine groups is 1. The smallest absolute Gasteiger partial charge is 0.208 e. The molecule has 1 aliphatic carbocycles. The Morgan fingerprint density at radius 2 is 2.27 bits per heavy atom. The summed E-state index contributed by atoms with van der Waals surface area (Å²) in [6.07, 6.45) is 2.44. The SMILES string of the molecule is CC1(C)CN(C(=NC2CC2)NN)CCS1. The highest BCUT2D eigenvalue weighted by atomic mass is 32.2. The molecule has 86 valence electrons. The summed E-state index contributed by atoms with van der Waals surface area (Å²) < 4.78 is 0.305. The first kappa shape index (κ1) is 11.1. The van der Waals surface area contributed by atoms with Gasteiger partial charge >= 0.3 is 0 Å². The Morgan fingerprint density at radius 3 is 2.80 bits per heavy atom. The monoisotopic (exact) mass is 228 g/mol. The molecule has 1 heterocycles. The fourth-order valence-corrected chi connectivity index (χ4v) is 2.90. The van der Waals surface area contributed by atoms with E-state index in [4.69, 9.17) is 5.84 Å². The largest absolute Gasteiger partial charge is 0.340 e. The molecular weight excluding hydrogens is 208 g/mol. The maximum Gasteiger partial charge on any atom is 0.208 e. The molecule has 0 bridgehead atoms. The number of thioether (sulfide) groups is 1. The highest BCUT2D eigenvalue weighted by molar-refractivity contribution is 8.00. The van der Waals surface area contributed by atoms with Crippen LogP contribution in [-0.4, -0.2) is 40.5 Å². The van der Waals surface area contributed by atoms with Crippen molar-refractivity contribution in [1.29, 1.82) is 0 Å². The van der Waals surface area contributed by atoms with Gasteiger partial charge < -0.3 is 4.90 Å². The molecule has 0 aromatic heterocycles. The van der Waals surface area contributed by atoms with E-state index in [0.717, 1.165) is 24.8 Å². The van der Waals surface area contributed by atoms with Crippen LogP contribution in [0, 0.1) is 0 Å². The quantitative estimate of drug-likeness (QED) is 0.302. The molecular formula is C10H20N4S. The Hall–Kier alpha value is -0.420. The van der Waals surface area contributed by atoms with Gasteiger partial charge in [-0.25, -0.2) is 10.8 Å². The Labute approximate surface area is 95.7 Å². The van der Waals surface area contributed by atoms with Crippen molar-refractivity contribution in [3.05, 3.63) is 0 Å². The number of aliphatic imine (C=N–C) groups is 1. The Kier molecular flexibility index (Phi) is 3.11. The van der Waals surface area contributed by atoms with E-state index in [0.29, 0.717) is 10.8 Å². The zero-order valence-electron chi connectivity index (χ0n) is 9.49.